The summed E-state index contributed by atoms with van der Waals surface area (Å²) in [6, 6.07) is 14.4. The van der Waals surface area contributed by atoms with Crippen LogP contribution < -0.4 is 0 Å². The monoisotopic (exact) mass is 293 g/mol. The highest BCUT2D eigenvalue weighted by molar-refractivity contribution is 6.00. The molecule has 0 unspecified atom stereocenters. The first-order valence-electron chi connectivity index (χ1n) is 7.42. The standard InChI is InChI=1S/C18H15NO3/c20-17-8-9-18(21)19(17)22-11-13-5-3-7-15-14-6-2-1-4-12(14)10-16(13)15/h1-7H,8-11H2. The molecule has 1 heterocycles. The number of benzene rings is 2. The van der Waals surface area contributed by atoms with Crippen LogP contribution in [0.3, 0.4) is 0 Å². The van der Waals surface area contributed by atoms with Gasteiger partial charge in [0.05, 0.1) is 0 Å². The molecule has 22 heavy (non-hydrogen) atoms. The van der Waals surface area contributed by atoms with E-state index in [-0.39, 0.29) is 31.3 Å². The summed E-state index contributed by atoms with van der Waals surface area (Å²) in [5.41, 5.74) is 6.03. The largest absolute Gasteiger partial charge is 0.272 e. The number of fused-ring (bicyclic) bond motifs is 3. The van der Waals surface area contributed by atoms with Gasteiger partial charge < -0.3 is 0 Å². The summed E-state index contributed by atoms with van der Waals surface area (Å²) in [6.45, 7) is 0.245. The first-order chi connectivity index (χ1) is 10.7. The number of carbonyl (C=O) groups is 2. The lowest BCUT2D eigenvalue weighted by Crippen LogP contribution is -2.29. The minimum atomic E-state index is -0.249. The Balaban J connectivity index is 1.60. The lowest BCUT2D eigenvalue weighted by atomic mass is 10.0. The van der Waals surface area contributed by atoms with E-state index in [2.05, 4.69) is 18.2 Å². The molecule has 1 fully saturated rings. The molecule has 1 aliphatic heterocycles. The summed E-state index contributed by atoms with van der Waals surface area (Å²) in [5.74, 6) is -0.498. The van der Waals surface area contributed by atoms with Crippen molar-refractivity contribution in [1.82, 2.24) is 5.06 Å². The van der Waals surface area contributed by atoms with Gasteiger partial charge in [0.25, 0.3) is 11.8 Å². The van der Waals surface area contributed by atoms with Crippen LogP contribution in [0.5, 0.6) is 0 Å². The van der Waals surface area contributed by atoms with Crippen molar-refractivity contribution in [3.8, 4) is 11.1 Å². The van der Waals surface area contributed by atoms with Crippen LogP contribution in [0.1, 0.15) is 29.5 Å². The van der Waals surface area contributed by atoms with Gasteiger partial charge in [0.1, 0.15) is 6.61 Å². The van der Waals surface area contributed by atoms with E-state index in [0.717, 1.165) is 17.0 Å². The fourth-order valence-electron chi connectivity index (χ4n) is 3.19. The number of carbonyl (C=O) groups excluding carboxylic acids is 2. The van der Waals surface area contributed by atoms with Crippen LogP contribution in [0.25, 0.3) is 11.1 Å². The Labute approximate surface area is 128 Å². The first kappa shape index (κ1) is 13.2. The fourth-order valence-corrected chi connectivity index (χ4v) is 3.19. The number of rotatable bonds is 3. The van der Waals surface area contributed by atoms with Gasteiger partial charge in [0.2, 0.25) is 0 Å². The number of hydroxylamine groups is 2. The molecular weight excluding hydrogens is 278 g/mol. The number of imide groups is 1. The molecule has 0 saturated carbocycles. The van der Waals surface area contributed by atoms with Gasteiger partial charge >= 0.3 is 0 Å². The SMILES string of the molecule is O=C1CCC(=O)N1OCc1cccc2c1Cc1ccccc1-2. The van der Waals surface area contributed by atoms with E-state index in [1.54, 1.807) is 0 Å². The van der Waals surface area contributed by atoms with Crippen molar-refractivity contribution >= 4 is 11.8 Å². The van der Waals surface area contributed by atoms with Crippen LogP contribution >= 0.6 is 0 Å². The number of nitrogens with zero attached hydrogens (tertiary/aromatic N) is 1. The van der Waals surface area contributed by atoms with E-state index in [1.165, 1.54) is 22.3 Å². The Hall–Kier alpha value is -2.46. The molecule has 4 heteroatoms. The second-order valence-corrected chi connectivity index (χ2v) is 5.63. The van der Waals surface area contributed by atoms with Crippen molar-refractivity contribution < 1.29 is 14.4 Å². The molecular formula is C18H15NO3. The van der Waals surface area contributed by atoms with Crippen LogP contribution in [-0.4, -0.2) is 16.9 Å². The second kappa shape index (κ2) is 5.07. The summed E-state index contributed by atoms with van der Waals surface area (Å²) in [5, 5.41) is 0.918. The van der Waals surface area contributed by atoms with Crippen LogP contribution in [0.4, 0.5) is 0 Å². The zero-order valence-electron chi connectivity index (χ0n) is 12.0. The van der Waals surface area contributed by atoms with Crippen molar-refractivity contribution in [3.05, 3.63) is 59.2 Å². The van der Waals surface area contributed by atoms with Crippen molar-refractivity contribution in [2.45, 2.75) is 25.9 Å². The predicted octanol–water partition coefficient (Wildman–Crippen LogP) is 2.84. The lowest BCUT2D eigenvalue weighted by molar-refractivity contribution is -0.191. The van der Waals surface area contributed by atoms with Gasteiger partial charge in [0.15, 0.2) is 0 Å². The summed E-state index contributed by atoms with van der Waals surface area (Å²) in [7, 11) is 0. The van der Waals surface area contributed by atoms with Gasteiger partial charge in [-0.3, -0.25) is 14.4 Å². The molecule has 0 radical (unpaired) electrons. The van der Waals surface area contributed by atoms with Crippen molar-refractivity contribution in [2.24, 2.45) is 0 Å². The van der Waals surface area contributed by atoms with E-state index in [1.807, 2.05) is 24.3 Å². The van der Waals surface area contributed by atoms with E-state index >= 15 is 0 Å². The van der Waals surface area contributed by atoms with Gasteiger partial charge in [0, 0.05) is 12.8 Å². The van der Waals surface area contributed by atoms with E-state index in [0.29, 0.717) is 0 Å². The highest BCUT2D eigenvalue weighted by Gasteiger charge is 2.30. The minimum absolute atomic E-state index is 0.245. The van der Waals surface area contributed by atoms with Gasteiger partial charge in [-0.1, -0.05) is 42.5 Å². The number of amides is 2. The molecule has 2 amide bonds. The second-order valence-electron chi connectivity index (χ2n) is 5.63. The molecule has 110 valence electrons. The third kappa shape index (κ3) is 2.04. The maximum Gasteiger partial charge on any atom is 0.254 e. The highest BCUT2D eigenvalue weighted by Crippen LogP contribution is 2.38. The molecule has 1 saturated heterocycles. The Morgan fingerprint density at radius 1 is 0.909 bits per heavy atom. The van der Waals surface area contributed by atoms with E-state index in [4.69, 9.17) is 4.84 Å². The van der Waals surface area contributed by atoms with Gasteiger partial charge in [-0.25, -0.2) is 0 Å². The lowest BCUT2D eigenvalue weighted by Gasteiger charge is -2.15. The van der Waals surface area contributed by atoms with Gasteiger partial charge in [-0.05, 0) is 34.2 Å². The summed E-state index contributed by atoms with van der Waals surface area (Å²) in [6.07, 6.45) is 1.36. The molecule has 0 spiro atoms. The van der Waals surface area contributed by atoms with Crippen LogP contribution in [0, 0.1) is 0 Å². The van der Waals surface area contributed by atoms with Crippen molar-refractivity contribution in [2.75, 3.05) is 0 Å². The average molecular weight is 293 g/mol. The summed E-state index contributed by atoms with van der Waals surface area (Å²) < 4.78 is 0. The predicted molar refractivity (Wildman–Crippen MR) is 80.6 cm³/mol. The van der Waals surface area contributed by atoms with Gasteiger partial charge in [-0.15, -0.1) is 0 Å². The van der Waals surface area contributed by atoms with Crippen LogP contribution in [-0.2, 0) is 27.5 Å². The molecule has 2 aromatic carbocycles. The topological polar surface area (TPSA) is 46.6 Å². The molecule has 0 N–H and O–H groups in total. The maximum absolute atomic E-state index is 11.6. The zero-order valence-corrected chi connectivity index (χ0v) is 12.0. The number of hydrogen-bond acceptors (Lipinski definition) is 3. The van der Waals surface area contributed by atoms with E-state index < -0.39 is 0 Å². The smallest absolute Gasteiger partial charge is 0.254 e. The zero-order chi connectivity index (χ0) is 15.1. The Morgan fingerprint density at radius 2 is 1.64 bits per heavy atom. The van der Waals surface area contributed by atoms with E-state index in [9.17, 15) is 9.59 Å². The average Bonchev–Trinajstić information content (AvgIpc) is 3.07. The quantitative estimate of drug-likeness (QED) is 0.698. The molecule has 4 rings (SSSR count). The summed E-state index contributed by atoms with van der Waals surface area (Å²) >= 11 is 0. The van der Waals surface area contributed by atoms with Crippen LogP contribution in [0.2, 0.25) is 0 Å². The highest BCUT2D eigenvalue weighted by atomic mass is 16.7. The molecule has 1 aliphatic carbocycles. The molecule has 4 nitrogen and oxygen atoms in total. The third-order valence-corrected chi connectivity index (χ3v) is 4.30. The Morgan fingerprint density at radius 3 is 2.45 bits per heavy atom. The van der Waals surface area contributed by atoms with Crippen LogP contribution in [0.15, 0.2) is 42.5 Å². The Kier molecular flexibility index (Phi) is 3.05. The molecule has 2 aliphatic rings. The molecule has 0 aromatic heterocycles. The van der Waals surface area contributed by atoms with Crippen molar-refractivity contribution in [3.63, 3.8) is 0 Å². The normalized spacial score (nSPS) is 16.1. The Bertz CT molecular complexity index is 766. The molecule has 0 atom stereocenters. The molecule has 2 aromatic rings. The maximum atomic E-state index is 11.6. The molecule has 0 bridgehead atoms. The summed E-state index contributed by atoms with van der Waals surface area (Å²) in [4.78, 5) is 28.7. The van der Waals surface area contributed by atoms with Gasteiger partial charge in [-0.2, -0.15) is 5.06 Å². The fraction of sp³-hybridized carbons (Fsp3) is 0.222. The van der Waals surface area contributed by atoms with Crippen molar-refractivity contribution in [1.29, 1.82) is 0 Å². The number of hydrogen-bond donors (Lipinski definition) is 0. The first-order valence-corrected chi connectivity index (χ1v) is 7.42. The third-order valence-electron chi connectivity index (χ3n) is 4.30. The minimum Gasteiger partial charge on any atom is -0.272 e.